The molecule has 0 spiro atoms. The Labute approximate surface area is 139 Å². The highest BCUT2D eigenvalue weighted by Gasteiger charge is 2.04. The number of ether oxygens (including phenoxy) is 2. The van der Waals surface area contributed by atoms with E-state index >= 15 is 0 Å². The van der Waals surface area contributed by atoms with Gasteiger partial charge in [-0.25, -0.2) is 0 Å². The van der Waals surface area contributed by atoms with Crippen LogP contribution in [0.3, 0.4) is 0 Å². The molecule has 0 aromatic carbocycles. The van der Waals surface area contributed by atoms with E-state index in [9.17, 15) is 0 Å². The zero-order chi connectivity index (χ0) is 15.7. The fourth-order valence-electron chi connectivity index (χ4n) is 1.69. The summed E-state index contributed by atoms with van der Waals surface area (Å²) in [5.41, 5.74) is 4.79. The molecule has 2 heterocycles. The Hall–Kier alpha value is -0.930. The number of rotatable bonds is 6. The van der Waals surface area contributed by atoms with E-state index in [1.54, 1.807) is 14.2 Å². The van der Waals surface area contributed by atoms with Crippen molar-refractivity contribution in [2.45, 2.75) is 26.7 Å². The number of H-pyrrole nitrogens is 2. The largest absolute Gasteiger partial charge is 0.384 e. The van der Waals surface area contributed by atoms with Crippen molar-refractivity contribution in [2.24, 2.45) is 0 Å². The first-order chi connectivity index (χ1) is 10.1. The van der Waals surface area contributed by atoms with E-state index in [4.69, 9.17) is 9.47 Å². The number of methoxy groups -OCH3 is 2. The molecule has 21 heavy (non-hydrogen) atoms. The van der Waals surface area contributed by atoms with Crippen LogP contribution in [0, 0.1) is 17.5 Å². The maximum atomic E-state index is 4.96. The maximum Gasteiger partial charge on any atom is 0.126 e. The van der Waals surface area contributed by atoms with Crippen LogP contribution in [0.1, 0.15) is 22.5 Å². The second-order valence-corrected chi connectivity index (χ2v) is 5.66. The summed E-state index contributed by atoms with van der Waals surface area (Å²) >= 11 is 2.21. The standard InChI is InChI=1S/C7H11IN2O.C7H12N2O/c1-5-6(3-4-11-2)9-10-7(5)8;1-6-5-8-9-7(6)3-4-10-2/h3-4H2,1-2H3,(H,9,10);5H,3-4H2,1-2H3,(H,8,9). The fourth-order valence-corrected chi connectivity index (χ4v) is 2.13. The summed E-state index contributed by atoms with van der Waals surface area (Å²) in [5.74, 6) is 0. The Balaban J connectivity index is 0.000000211. The van der Waals surface area contributed by atoms with Gasteiger partial charge in [-0.1, -0.05) is 0 Å². The second-order valence-electron chi connectivity index (χ2n) is 4.64. The molecule has 0 saturated carbocycles. The van der Waals surface area contributed by atoms with Crippen molar-refractivity contribution in [3.63, 3.8) is 0 Å². The van der Waals surface area contributed by atoms with E-state index in [0.29, 0.717) is 0 Å². The predicted octanol–water partition coefficient (Wildman–Crippen LogP) is 2.42. The monoisotopic (exact) mass is 406 g/mol. The molecule has 2 N–H and O–H groups in total. The van der Waals surface area contributed by atoms with E-state index in [1.807, 2.05) is 13.1 Å². The van der Waals surface area contributed by atoms with Gasteiger partial charge in [0.2, 0.25) is 0 Å². The molecule has 2 aromatic rings. The SMILES string of the molecule is COCCc1[nH]nc(I)c1C.COCCc1[nH]ncc1C. The molecule has 0 aliphatic rings. The van der Waals surface area contributed by atoms with E-state index in [1.165, 1.54) is 22.5 Å². The first-order valence-corrected chi connectivity index (χ1v) is 7.84. The molecule has 0 unspecified atom stereocenters. The van der Waals surface area contributed by atoms with Gasteiger partial charge >= 0.3 is 0 Å². The van der Waals surface area contributed by atoms with Gasteiger partial charge in [0, 0.05) is 44.0 Å². The van der Waals surface area contributed by atoms with Crippen LogP contribution in [0.25, 0.3) is 0 Å². The van der Waals surface area contributed by atoms with Gasteiger partial charge in [0.1, 0.15) is 3.70 Å². The molecule has 0 atom stereocenters. The summed E-state index contributed by atoms with van der Waals surface area (Å²) in [4.78, 5) is 0. The predicted molar refractivity (Wildman–Crippen MR) is 90.5 cm³/mol. The Morgan fingerprint density at radius 2 is 1.67 bits per heavy atom. The minimum Gasteiger partial charge on any atom is -0.384 e. The van der Waals surface area contributed by atoms with Crippen LogP contribution in [0.5, 0.6) is 0 Å². The third kappa shape index (κ3) is 6.15. The molecule has 0 amide bonds. The molecule has 0 saturated heterocycles. The van der Waals surface area contributed by atoms with Gasteiger partial charge in [0.15, 0.2) is 0 Å². The minimum absolute atomic E-state index is 0.749. The van der Waals surface area contributed by atoms with E-state index in [-0.39, 0.29) is 0 Å². The lowest BCUT2D eigenvalue weighted by Gasteiger charge is -1.96. The summed E-state index contributed by atoms with van der Waals surface area (Å²) in [5, 5.41) is 13.9. The van der Waals surface area contributed by atoms with Crippen LogP contribution >= 0.6 is 22.6 Å². The van der Waals surface area contributed by atoms with Crippen LogP contribution in [0.2, 0.25) is 0 Å². The highest BCUT2D eigenvalue weighted by Crippen LogP contribution is 2.11. The maximum absolute atomic E-state index is 4.96. The van der Waals surface area contributed by atoms with Gasteiger partial charge in [-0.05, 0) is 42.0 Å². The molecule has 0 aliphatic heterocycles. The number of halogens is 1. The number of aromatic amines is 2. The van der Waals surface area contributed by atoms with E-state index in [2.05, 4.69) is 49.9 Å². The van der Waals surface area contributed by atoms with Crippen molar-refractivity contribution in [2.75, 3.05) is 27.4 Å². The lowest BCUT2D eigenvalue weighted by Crippen LogP contribution is -1.96. The molecule has 6 nitrogen and oxygen atoms in total. The van der Waals surface area contributed by atoms with Crippen LogP contribution in [-0.2, 0) is 22.3 Å². The Kier molecular flexibility index (Phi) is 8.55. The fraction of sp³-hybridized carbons (Fsp3) is 0.571. The Morgan fingerprint density at radius 1 is 1.05 bits per heavy atom. The lowest BCUT2D eigenvalue weighted by atomic mass is 10.2. The first kappa shape index (κ1) is 18.1. The van der Waals surface area contributed by atoms with Crippen molar-refractivity contribution >= 4 is 22.6 Å². The molecule has 2 rings (SSSR count). The van der Waals surface area contributed by atoms with Crippen LogP contribution in [-0.4, -0.2) is 47.8 Å². The van der Waals surface area contributed by atoms with Gasteiger partial charge in [-0.3, -0.25) is 10.2 Å². The molecular formula is C14H23IN4O2. The van der Waals surface area contributed by atoms with E-state index in [0.717, 1.165) is 29.8 Å². The van der Waals surface area contributed by atoms with Gasteiger partial charge in [0.05, 0.1) is 19.4 Å². The summed E-state index contributed by atoms with van der Waals surface area (Å²) < 4.78 is 10.9. The molecule has 0 fully saturated rings. The summed E-state index contributed by atoms with van der Waals surface area (Å²) in [6.07, 6.45) is 3.66. The van der Waals surface area contributed by atoms with Gasteiger partial charge in [-0.15, -0.1) is 0 Å². The van der Waals surface area contributed by atoms with Crippen molar-refractivity contribution in [1.82, 2.24) is 20.4 Å². The summed E-state index contributed by atoms with van der Waals surface area (Å²) in [6.45, 7) is 5.60. The molecule has 0 radical (unpaired) electrons. The van der Waals surface area contributed by atoms with Crippen molar-refractivity contribution in [1.29, 1.82) is 0 Å². The third-order valence-electron chi connectivity index (χ3n) is 3.10. The quantitative estimate of drug-likeness (QED) is 0.723. The number of nitrogens with zero attached hydrogens (tertiary/aromatic N) is 2. The zero-order valence-corrected chi connectivity index (χ0v) is 15.2. The molecule has 0 bridgehead atoms. The molecule has 7 heteroatoms. The van der Waals surface area contributed by atoms with Gasteiger partial charge in [0.25, 0.3) is 0 Å². The smallest absolute Gasteiger partial charge is 0.126 e. The van der Waals surface area contributed by atoms with Crippen molar-refractivity contribution < 1.29 is 9.47 Å². The Bertz CT molecular complexity index is 525. The molecular weight excluding hydrogens is 383 g/mol. The summed E-state index contributed by atoms with van der Waals surface area (Å²) in [7, 11) is 3.41. The lowest BCUT2D eigenvalue weighted by molar-refractivity contribution is 0.201. The highest BCUT2D eigenvalue weighted by molar-refractivity contribution is 14.1. The van der Waals surface area contributed by atoms with Gasteiger partial charge < -0.3 is 9.47 Å². The van der Waals surface area contributed by atoms with E-state index < -0.39 is 0 Å². The minimum atomic E-state index is 0.749. The number of hydrogen-bond acceptors (Lipinski definition) is 4. The molecule has 2 aromatic heterocycles. The number of nitrogens with one attached hydrogen (secondary N) is 2. The van der Waals surface area contributed by atoms with Crippen LogP contribution in [0.4, 0.5) is 0 Å². The van der Waals surface area contributed by atoms with Crippen LogP contribution in [0.15, 0.2) is 6.20 Å². The normalized spacial score (nSPS) is 10.3. The zero-order valence-electron chi connectivity index (χ0n) is 13.0. The average molecular weight is 406 g/mol. The topological polar surface area (TPSA) is 75.8 Å². The molecule has 118 valence electrons. The Morgan fingerprint density at radius 3 is 2.10 bits per heavy atom. The number of aromatic nitrogens is 4. The third-order valence-corrected chi connectivity index (χ3v) is 4.15. The van der Waals surface area contributed by atoms with Gasteiger partial charge in [-0.2, -0.15) is 10.2 Å². The second kappa shape index (κ2) is 9.91. The average Bonchev–Trinajstić information content (AvgIpc) is 3.03. The van der Waals surface area contributed by atoms with Crippen molar-refractivity contribution in [3.05, 3.63) is 32.4 Å². The highest BCUT2D eigenvalue weighted by atomic mass is 127. The molecule has 0 aliphatic carbocycles. The first-order valence-electron chi connectivity index (χ1n) is 6.76. The summed E-state index contributed by atoms with van der Waals surface area (Å²) in [6, 6.07) is 0. The number of hydrogen-bond donors (Lipinski definition) is 2. The van der Waals surface area contributed by atoms with Crippen molar-refractivity contribution in [3.8, 4) is 0 Å². The van der Waals surface area contributed by atoms with Crippen LogP contribution < -0.4 is 0 Å². The number of aryl methyl sites for hydroxylation is 1.